The molecule has 0 radical (unpaired) electrons. The number of halogens is 1. The minimum atomic E-state index is 0.481. The maximum Gasteiger partial charge on any atom is 0.228 e. The van der Waals surface area contributed by atoms with Gasteiger partial charge in [-0.25, -0.2) is 9.97 Å². The fraction of sp³-hybridized carbons (Fsp3) is 0.200. The third kappa shape index (κ3) is 3.02. The standard InChI is InChI=1S/C15H14BrN7OS/c1-24-8-3-4-10-11(5-8)20-12(19-10)7-17-14-22-15(25-2)21-13-9(16)6-18-23(13)14/h3-6H,7H2,1-2H3,(H,19,20)(H,17,21,22). The molecule has 0 saturated carbocycles. The lowest BCUT2D eigenvalue weighted by atomic mass is 10.3. The van der Waals surface area contributed by atoms with E-state index in [1.54, 1.807) is 17.8 Å². The van der Waals surface area contributed by atoms with Crippen molar-refractivity contribution in [1.82, 2.24) is 29.5 Å². The van der Waals surface area contributed by atoms with Gasteiger partial charge in [0.25, 0.3) is 0 Å². The number of hydrogen-bond acceptors (Lipinski definition) is 7. The fourth-order valence-electron chi connectivity index (χ4n) is 2.45. The molecule has 3 heterocycles. The smallest absolute Gasteiger partial charge is 0.228 e. The van der Waals surface area contributed by atoms with E-state index in [-0.39, 0.29) is 0 Å². The number of methoxy groups -OCH3 is 1. The lowest BCUT2D eigenvalue weighted by Gasteiger charge is -2.07. The predicted molar refractivity (Wildman–Crippen MR) is 100 cm³/mol. The monoisotopic (exact) mass is 419 g/mol. The van der Waals surface area contributed by atoms with E-state index in [0.717, 1.165) is 32.7 Å². The van der Waals surface area contributed by atoms with Crippen LogP contribution in [0, 0.1) is 0 Å². The van der Waals surface area contributed by atoms with Crippen LogP contribution >= 0.6 is 27.7 Å². The van der Waals surface area contributed by atoms with Crippen LogP contribution in [0.1, 0.15) is 5.82 Å². The van der Waals surface area contributed by atoms with E-state index in [9.17, 15) is 0 Å². The molecule has 0 bridgehead atoms. The van der Waals surface area contributed by atoms with Crippen molar-refractivity contribution < 1.29 is 4.74 Å². The molecule has 25 heavy (non-hydrogen) atoms. The van der Waals surface area contributed by atoms with Crippen molar-refractivity contribution in [3.8, 4) is 5.75 Å². The number of nitrogens with zero attached hydrogens (tertiary/aromatic N) is 5. The van der Waals surface area contributed by atoms with Gasteiger partial charge in [0.05, 0.1) is 35.4 Å². The van der Waals surface area contributed by atoms with Crippen LogP contribution in [0.2, 0.25) is 0 Å². The summed E-state index contributed by atoms with van der Waals surface area (Å²) in [6.45, 7) is 0.481. The van der Waals surface area contributed by atoms with Crippen molar-refractivity contribution in [2.75, 3.05) is 18.7 Å². The molecule has 0 aliphatic rings. The molecule has 10 heteroatoms. The molecule has 4 aromatic rings. The van der Waals surface area contributed by atoms with Crippen LogP contribution in [-0.2, 0) is 6.54 Å². The normalized spacial score (nSPS) is 11.3. The van der Waals surface area contributed by atoms with Gasteiger partial charge < -0.3 is 15.0 Å². The molecular formula is C15H14BrN7OS. The highest BCUT2D eigenvalue weighted by Gasteiger charge is 2.12. The summed E-state index contributed by atoms with van der Waals surface area (Å²) < 4.78 is 7.72. The Morgan fingerprint density at radius 3 is 3.00 bits per heavy atom. The highest BCUT2D eigenvalue weighted by atomic mass is 79.9. The van der Waals surface area contributed by atoms with Crippen molar-refractivity contribution >= 4 is 50.3 Å². The van der Waals surface area contributed by atoms with Crippen molar-refractivity contribution in [2.45, 2.75) is 11.7 Å². The Morgan fingerprint density at radius 2 is 2.20 bits per heavy atom. The molecule has 0 aliphatic carbocycles. The van der Waals surface area contributed by atoms with Crippen LogP contribution in [0.25, 0.3) is 16.7 Å². The Bertz CT molecular complexity index is 1060. The van der Waals surface area contributed by atoms with Gasteiger partial charge in [0, 0.05) is 6.07 Å². The second-order valence-corrected chi connectivity index (χ2v) is 6.81. The van der Waals surface area contributed by atoms with E-state index >= 15 is 0 Å². The van der Waals surface area contributed by atoms with Crippen molar-refractivity contribution in [3.63, 3.8) is 0 Å². The molecule has 8 nitrogen and oxygen atoms in total. The van der Waals surface area contributed by atoms with Crippen LogP contribution in [-0.4, -0.2) is 42.9 Å². The number of anilines is 1. The number of aromatic nitrogens is 6. The first-order valence-electron chi connectivity index (χ1n) is 7.39. The van der Waals surface area contributed by atoms with Gasteiger partial charge in [0.1, 0.15) is 11.6 Å². The molecule has 1 aromatic carbocycles. The van der Waals surface area contributed by atoms with E-state index in [0.29, 0.717) is 17.6 Å². The van der Waals surface area contributed by atoms with Crippen LogP contribution in [0.15, 0.2) is 34.0 Å². The van der Waals surface area contributed by atoms with Gasteiger partial charge in [0.15, 0.2) is 10.8 Å². The van der Waals surface area contributed by atoms with E-state index in [4.69, 9.17) is 4.74 Å². The average molecular weight is 420 g/mol. The van der Waals surface area contributed by atoms with Crippen LogP contribution < -0.4 is 10.1 Å². The number of aromatic amines is 1. The number of hydrogen-bond donors (Lipinski definition) is 2. The van der Waals surface area contributed by atoms with Gasteiger partial charge in [-0.2, -0.15) is 14.6 Å². The SMILES string of the molecule is COc1ccc2nc(CNc3nc(SC)nc4c(Br)cnn34)[nH]c2c1. The summed E-state index contributed by atoms with van der Waals surface area (Å²) >= 11 is 4.93. The summed E-state index contributed by atoms with van der Waals surface area (Å²) in [6.07, 6.45) is 3.64. The summed E-state index contributed by atoms with van der Waals surface area (Å²) in [6, 6.07) is 5.74. The fourth-order valence-corrected chi connectivity index (χ4v) is 3.16. The minimum absolute atomic E-state index is 0.481. The number of nitrogens with one attached hydrogen (secondary N) is 2. The number of ether oxygens (including phenoxy) is 1. The molecule has 0 unspecified atom stereocenters. The molecule has 0 aliphatic heterocycles. The lowest BCUT2D eigenvalue weighted by Crippen LogP contribution is -2.10. The maximum atomic E-state index is 5.24. The number of thioether (sulfide) groups is 1. The van der Waals surface area contributed by atoms with E-state index in [1.807, 2.05) is 24.5 Å². The van der Waals surface area contributed by atoms with Crippen LogP contribution in [0.3, 0.4) is 0 Å². The summed E-state index contributed by atoms with van der Waals surface area (Å²) in [5.41, 5.74) is 2.53. The van der Waals surface area contributed by atoms with Crippen molar-refractivity contribution in [3.05, 3.63) is 34.7 Å². The van der Waals surface area contributed by atoms with Gasteiger partial charge in [-0.3, -0.25) is 0 Å². The third-order valence-electron chi connectivity index (χ3n) is 3.64. The van der Waals surface area contributed by atoms with Crippen LogP contribution in [0.5, 0.6) is 5.75 Å². The molecule has 0 saturated heterocycles. The van der Waals surface area contributed by atoms with E-state index in [1.165, 1.54) is 11.8 Å². The summed E-state index contributed by atoms with van der Waals surface area (Å²) in [5, 5.41) is 8.24. The second-order valence-electron chi connectivity index (χ2n) is 5.18. The number of rotatable bonds is 5. The van der Waals surface area contributed by atoms with Crippen molar-refractivity contribution in [1.29, 1.82) is 0 Å². The zero-order valence-corrected chi connectivity index (χ0v) is 15.8. The molecule has 0 amide bonds. The van der Waals surface area contributed by atoms with Gasteiger partial charge in [-0.1, -0.05) is 11.8 Å². The predicted octanol–water partition coefficient (Wildman–Crippen LogP) is 3.11. The first kappa shape index (κ1) is 16.2. The van der Waals surface area contributed by atoms with Gasteiger partial charge in [-0.05, 0) is 34.3 Å². The van der Waals surface area contributed by atoms with E-state index in [2.05, 4.69) is 46.3 Å². The minimum Gasteiger partial charge on any atom is -0.497 e. The maximum absolute atomic E-state index is 5.24. The van der Waals surface area contributed by atoms with Gasteiger partial charge in [-0.15, -0.1) is 0 Å². The molecule has 0 atom stereocenters. The number of fused-ring (bicyclic) bond motifs is 2. The topological polar surface area (TPSA) is 93.0 Å². The van der Waals surface area contributed by atoms with Gasteiger partial charge in [0.2, 0.25) is 5.95 Å². The van der Waals surface area contributed by atoms with Crippen molar-refractivity contribution in [2.24, 2.45) is 0 Å². The Morgan fingerprint density at radius 1 is 1.32 bits per heavy atom. The Labute approximate surface area is 155 Å². The zero-order chi connectivity index (χ0) is 17.4. The number of imidazole rings is 1. The molecule has 0 spiro atoms. The average Bonchev–Trinajstić information content (AvgIpc) is 3.22. The third-order valence-corrected chi connectivity index (χ3v) is 4.75. The summed E-state index contributed by atoms with van der Waals surface area (Å²) in [4.78, 5) is 16.8. The largest absolute Gasteiger partial charge is 0.497 e. The van der Waals surface area contributed by atoms with Gasteiger partial charge >= 0.3 is 0 Å². The number of benzene rings is 1. The highest BCUT2D eigenvalue weighted by molar-refractivity contribution is 9.10. The van der Waals surface area contributed by atoms with Crippen LogP contribution in [0.4, 0.5) is 5.95 Å². The zero-order valence-electron chi connectivity index (χ0n) is 13.4. The molecule has 2 N–H and O–H groups in total. The molecular weight excluding hydrogens is 406 g/mol. The first-order chi connectivity index (χ1) is 12.2. The molecule has 128 valence electrons. The summed E-state index contributed by atoms with van der Waals surface area (Å²) in [5.74, 6) is 2.20. The second kappa shape index (κ2) is 6.52. The molecule has 0 fully saturated rings. The highest BCUT2D eigenvalue weighted by Crippen LogP contribution is 2.22. The van der Waals surface area contributed by atoms with E-state index < -0.39 is 0 Å². The molecule has 4 rings (SSSR count). The lowest BCUT2D eigenvalue weighted by molar-refractivity contribution is 0.415. The Kier molecular flexibility index (Phi) is 4.22. The first-order valence-corrected chi connectivity index (χ1v) is 9.41. The number of H-pyrrole nitrogens is 1. The Balaban J connectivity index is 1.63. The Hall–Kier alpha value is -2.33. The summed E-state index contributed by atoms with van der Waals surface area (Å²) in [7, 11) is 1.64. The molecule has 3 aromatic heterocycles. The quantitative estimate of drug-likeness (QED) is 0.480.